The molecule has 1 aliphatic rings. The Morgan fingerprint density at radius 1 is 0.757 bits per heavy atom. The van der Waals surface area contributed by atoms with Crippen LogP contribution < -0.4 is 14.4 Å². The van der Waals surface area contributed by atoms with E-state index in [9.17, 15) is 0 Å². The van der Waals surface area contributed by atoms with Crippen LogP contribution in [0.25, 0.3) is 33.2 Å². The zero-order valence-corrected chi connectivity index (χ0v) is 22.3. The molecular formula is C31H36N4O2. The van der Waals surface area contributed by atoms with Crippen molar-refractivity contribution in [1.29, 1.82) is 0 Å². The minimum absolute atomic E-state index is 0.834. The Morgan fingerprint density at radius 2 is 1.46 bits per heavy atom. The number of likely N-dealkylation sites (N-methyl/N-ethyl adjacent to an activating group) is 1. The van der Waals surface area contributed by atoms with Gasteiger partial charge in [-0.3, -0.25) is 4.90 Å². The van der Waals surface area contributed by atoms with Gasteiger partial charge in [0.1, 0.15) is 17.3 Å². The molecule has 6 nitrogen and oxygen atoms in total. The van der Waals surface area contributed by atoms with Crippen LogP contribution in [-0.4, -0.2) is 82.4 Å². The Morgan fingerprint density at radius 3 is 2.14 bits per heavy atom. The van der Waals surface area contributed by atoms with E-state index in [4.69, 9.17) is 14.5 Å². The largest absolute Gasteiger partial charge is 0.497 e. The van der Waals surface area contributed by atoms with Crippen molar-refractivity contribution >= 4 is 16.6 Å². The van der Waals surface area contributed by atoms with Gasteiger partial charge < -0.3 is 19.3 Å². The molecule has 5 rings (SSSR count). The normalized spacial score (nSPS) is 14.4. The second-order valence-corrected chi connectivity index (χ2v) is 9.80. The highest BCUT2D eigenvalue weighted by atomic mass is 16.5. The lowest BCUT2D eigenvalue weighted by atomic mass is 9.93. The van der Waals surface area contributed by atoms with E-state index in [-0.39, 0.29) is 0 Å². The highest BCUT2D eigenvalue weighted by Gasteiger charge is 2.23. The predicted octanol–water partition coefficient (Wildman–Crippen LogP) is 5.27. The van der Waals surface area contributed by atoms with Gasteiger partial charge in [-0.1, -0.05) is 36.4 Å². The number of benzene rings is 3. The summed E-state index contributed by atoms with van der Waals surface area (Å²) in [5.74, 6) is 2.72. The summed E-state index contributed by atoms with van der Waals surface area (Å²) in [6.07, 6.45) is 0. The minimum Gasteiger partial charge on any atom is -0.497 e. The van der Waals surface area contributed by atoms with Crippen molar-refractivity contribution in [2.24, 2.45) is 0 Å². The maximum Gasteiger partial charge on any atom is 0.137 e. The Bertz CT molecular complexity index is 1350. The van der Waals surface area contributed by atoms with Gasteiger partial charge in [-0.05, 0) is 61.4 Å². The molecule has 0 N–H and O–H groups in total. The van der Waals surface area contributed by atoms with E-state index in [2.05, 4.69) is 77.3 Å². The summed E-state index contributed by atoms with van der Waals surface area (Å²) in [7, 11) is 7.68. The van der Waals surface area contributed by atoms with Crippen LogP contribution in [0.5, 0.6) is 11.5 Å². The molecule has 0 saturated carbocycles. The molecule has 192 valence electrons. The Hall–Kier alpha value is -3.61. The molecule has 37 heavy (non-hydrogen) atoms. The molecule has 0 unspecified atom stereocenters. The zero-order valence-electron chi connectivity index (χ0n) is 22.3. The van der Waals surface area contributed by atoms with Crippen LogP contribution in [0, 0.1) is 0 Å². The first-order chi connectivity index (χ1) is 18.1. The predicted molar refractivity (Wildman–Crippen MR) is 153 cm³/mol. The average molecular weight is 497 g/mol. The van der Waals surface area contributed by atoms with E-state index < -0.39 is 0 Å². The zero-order chi connectivity index (χ0) is 25.8. The van der Waals surface area contributed by atoms with Crippen molar-refractivity contribution in [3.05, 3.63) is 72.8 Å². The summed E-state index contributed by atoms with van der Waals surface area (Å²) in [6.45, 7) is 6.19. The molecule has 0 aliphatic carbocycles. The summed E-state index contributed by atoms with van der Waals surface area (Å²) in [6, 6.07) is 25.1. The first-order valence-electron chi connectivity index (χ1n) is 12.9. The summed E-state index contributed by atoms with van der Waals surface area (Å²) in [4.78, 5) is 12.7. The van der Waals surface area contributed by atoms with Gasteiger partial charge >= 0.3 is 0 Å². The molecule has 4 aromatic rings. The fourth-order valence-corrected chi connectivity index (χ4v) is 5.04. The van der Waals surface area contributed by atoms with Gasteiger partial charge in [0, 0.05) is 55.8 Å². The lowest BCUT2D eigenvalue weighted by molar-refractivity contribution is 0.229. The van der Waals surface area contributed by atoms with Crippen LogP contribution in [0.3, 0.4) is 0 Å². The SMILES string of the molecule is COc1ccc(-c2nc(N3CCN(CCN(C)C)CC3)c3ccccc3c2-c2cccc(OC)c2)cc1. The molecule has 1 saturated heterocycles. The second-order valence-electron chi connectivity index (χ2n) is 9.80. The minimum atomic E-state index is 0.834. The number of piperazine rings is 1. The van der Waals surface area contributed by atoms with Crippen molar-refractivity contribution in [3.8, 4) is 33.9 Å². The van der Waals surface area contributed by atoms with Gasteiger partial charge in [0.25, 0.3) is 0 Å². The van der Waals surface area contributed by atoms with Crippen LogP contribution in [0.15, 0.2) is 72.8 Å². The summed E-state index contributed by atoms with van der Waals surface area (Å²) < 4.78 is 11.0. The third-order valence-electron chi connectivity index (χ3n) is 7.15. The molecule has 1 aromatic heterocycles. The van der Waals surface area contributed by atoms with E-state index in [1.165, 1.54) is 10.8 Å². The Labute approximate surface area is 220 Å². The highest BCUT2D eigenvalue weighted by Crippen LogP contribution is 2.41. The lowest BCUT2D eigenvalue weighted by Crippen LogP contribution is -2.48. The van der Waals surface area contributed by atoms with Gasteiger partial charge in [0.2, 0.25) is 0 Å². The van der Waals surface area contributed by atoms with Crippen LogP contribution in [0.1, 0.15) is 0 Å². The quantitative estimate of drug-likeness (QED) is 0.331. The standard InChI is InChI=1S/C31H36N4O2/c1-33(2)16-17-34-18-20-35(21-19-34)31-28-11-6-5-10-27(28)29(24-8-7-9-26(22-24)37-4)30(32-31)23-12-14-25(36-3)15-13-23/h5-15,22H,16-21H2,1-4H3. The summed E-state index contributed by atoms with van der Waals surface area (Å²) >= 11 is 0. The summed E-state index contributed by atoms with van der Waals surface area (Å²) in [5.41, 5.74) is 4.25. The molecule has 3 aromatic carbocycles. The molecule has 6 heteroatoms. The Balaban J connectivity index is 1.63. The lowest BCUT2D eigenvalue weighted by Gasteiger charge is -2.36. The van der Waals surface area contributed by atoms with Crippen LogP contribution in [0.4, 0.5) is 5.82 Å². The number of aromatic nitrogens is 1. The number of nitrogens with zero attached hydrogens (tertiary/aromatic N) is 4. The molecule has 0 spiro atoms. The number of methoxy groups -OCH3 is 2. The van der Waals surface area contributed by atoms with E-state index in [0.717, 1.165) is 79.0 Å². The number of pyridine rings is 1. The number of ether oxygens (including phenoxy) is 2. The van der Waals surface area contributed by atoms with Crippen molar-refractivity contribution in [2.75, 3.05) is 72.5 Å². The van der Waals surface area contributed by atoms with Crippen LogP contribution in [0.2, 0.25) is 0 Å². The number of rotatable bonds is 8. The molecule has 0 amide bonds. The topological polar surface area (TPSA) is 41.1 Å². The Kier molecular flexibility index (Phi) is 7.58. The maximum absolute atomic E-state index is 5.57. The van der Waals surface area contributed by atoms with Crippen molar-refractivity contribution in [3.63, 3.8) is 0 Å². The molecule has 2 heterocycles. The number of anilines is 1. The van der Waals surface area contributed by atoms with Crippen LogP contribution >= 0.6 is 0 Å². The molecule has 0 radical (unpaired) electrons. The van der Waals surface area contributed by atoms with Crippen molar-refractivity contribution in [2.45, 2.75) is 0 Å². The fraction of sp³-hybridized carbons (Fsp3) is 0.323. The number of hydrogen-bond donors (Lipinski definition) is 0. The average Bonchev–Trinajstić information content (AvgIpc) is 2.95. The first kappa shape index (κ1) is 25.1. The van der Waals surface area contributed by atoms with Gasteiger partial charge in [0.05, 0.1) is 19.9 Å². The summed E-state index contributed by atoms with van der Waals surface area (Å²) in [5, 5.41) is 2.38. The number of hydrogen-bond acceptors (Lipinski definition) is 6. The monoisotopic (exact) mass is 496 g/mol. The number of fused-ring (bicyclic) bond motifs is 1. The van der Waals surface area contributed by atoms with E-state index in [0.29, 0.717) is 0 Å². The smallest absolute Gasteiger partial charge is 0.137 e. The van der Waals surface area contributed by atoms with E-state index >= 15 is 0 Å². The van der Waals surface area contributed by atoms with Gasteiger partial charge in [-0.2, -0.15) is 0 Å². The second kappa shape index (κ2) is 11.2. The molecule has 1 aliphatic heterocycles. The van der Waals surface area contributed by atoms with Crippen molar-refractivity contribution in [1.82, 2.24) is 14.8 Å². The van der Waals surface area contributed by atoms with Gasteiger partial charge in [-0.25, -0.2) is 4.98 Å². The fourth-order valence-electron chi connectivity index (χ4n) is 5.04. The molecule has 0 atom stereocenters. The highest BCUT2D eigenvalue weighted by molar-refractivity contribution is 6.07. The third-order valence-corrected chi connectivity index (χ3v) is 7.15. The maximum atomic E-state index is 5.57. The molecule has 0 bridgehead atoms. The third kappa shape index (κ3) is 5.41. The van der Waals surface area contributed by atoms with Gasteiger partial charge in [-0.15, -0.1) is 0 Å². The van der Waals surface area contributed by atoms with E-state index in [1.54, 1.807) is 14.2 Å². The van der Waals surface area contributed by atoms with Gasteiger partial charge in [0.15, 0.2) is 0 Å². The first-order valence-corrected chi connectivity index (χ1v) is 12.9. The van der Waals surface area contributed by atoms with Crippen LogP contribution in [-0.2, 0) is 0 Å². The molecular weight excluding hydrogens is 460 g/mol. The van der Waals surface area contributed by atoms with Crippen molar-refractivity contribution < 1.29 is 9.47 Å². The van der Waals surface area contributed by atoms with E-state index in [1.807, 2.05) is 24.3 Å². The molecule has 1 fully saturated rings.